The number of hydrogen-bond donors (Lipinski definition) is 5. The molecule has 0 spiro atoms. The number of carbonyl (C=O) groups is 1. The van der Waals surface area contributed by atoms with E-state index in [-0.39, 0.29) is 16.2 Å². The van der Waals surface area contributed by atoms with Gasteiger partial charge in [0.15, 0.2) is 0 Å². The van der Waals surface area contributed by atoms with E-state index in [9.17, 15) is 13.2 Å². The van der Waals surface area contributed by atoms with Crippen molar-refractivity contribution in [3.63, 3.8) is 0 Å². The average molecular weight is 416 g/mol. The predicted octanol–water partition coefficient (Wildman–Crippen LogP) is 2.18. The Morgan fingerprint density at radius 3 is 2.52 bits per heavy atom. The third-order valence-corrected chi connectivity index (χ3v) is 5.06. The first kappa shape index (κ1) is 21.5. The second kappa shape index (κ2) is 9.42. The fraction of sp³-hybridized carbons (Fsp3) is 0.0526. The molecule has 7 N–H and O–H groups in total. The molecule has 0 atom stereocenters. The average Bonchev–Trinajstić information content (AvgIpc) is 2.89. The number of phenols is 1. The lowest BCUT2D eigenvalue weighted by atomic mass is 10.2. The van der Waals surface area contributed by atoms with Gasteiger partial charge in [0, 0.05) is 24.0 Å². The minimum absolute atomic E-state index is 0.176. The number of aromatic carboxylic acids is 1. The van der Waals surface area contributed by atoms with Crippen molar-refractivity contribution in [2.24, 2.45) is 5.73 Å². The van der Waals surface area contributed by atoms with E-state index in [1.54, 1.807) is 36.4 Å². The number of nitrogens with one attached hydrogen (secondary N) is 1. The molecule has 0 unspecified atom stereocenters. The number of carboxylic acid groups (broad SMARTS) is 1. The summed E-state index contributed by atoms with van der Waals surface area (Å²) in [6.07, 6.45) is 8.29. The number of rotatable bonds is 4. The topological polar surface area (TPSA) is 169 Å². The number of benzene rings is 1. The summed E-state index contributed by atoms with van der Waals surface area (Å²) in [5, 5.41) is 17.4. The number of aromatic hydroxyl groups is 1. The van der Waals surface area contributed by atoms with Crippen molar-refractivity contribution in [1.82, 2.24) is 4.98 Å². The first-order chi connectivity index (χ1) is 13.7. The molecule has 9 nitrogen and oxygen atoms in total. The first-order valence-electron chi connectivity index (χ1n) is 8.27. The Kier molecular flexibility index (Phi) is 6.99. The van der Waals surface area contributed by atoms with Crippen molar-refractivity contribution >= 4 is 27.5 Å². The molecule has 0 bridgehead atoms. The van der Waals surface area contributed by atoms with Gasteiger partial charge in [-0.1, -0.05) is 12.1 Å². The van der Waals surface area contributed by atoms with Crippen LogP contribution in [0.25, 0.3) is 0 Å². The summed E-state index contributed by atoms with van der Waals surface area (Å²) >= 11 is 0. The van der Waals surface area contributed by atoms with Crippen molar-refractivity contribution in [3.8, 4) is 5.75 Å². The Labute approximate surface area is 167 Å². The molecule has 1 heterocycles. The van der Waals surface area contributed by atoms with Gasteiger partial charge >= 0.3 is 5.97 Å². The van der Waals surface area contributed by atoms with E-state index in [0.29, 0.717) is 23.6 Å². The van der Waals surface area contributed by atoms with Crippen LogP contribution in [0.15, 0.2) is 77.5 Å². The van der Waals surface area contributed by atoms with Crippen LogP contribution >= 0.6 is 0 Å². The van der Waals surface area contributed by atoms with Crippen LogP contribution in [-0.4, -0.2) is 29.6 Å². The Bertz CT molecular complexity index is 1080. The van der Waals surface area contributed by atoms with Crippen molar-refractivity contribution in [3.05, 3.63) is 83.1 Å². The number of nitrogen functional groups attached to an aromatic ring is 1. The number of carboxylic acids is 1. The zero-order valence-electron chi connectivity index (χ0n) is 15.2. The van der Waals surface area contributed by atoms with Gasteiger partial charge in [-0.25, -0.2) is 18.2 Å². The molecule has 0 fully saturated rings. The molecule has 152 valence electrons. The molecule has 10 heteroatoms. The number of nitrogens with two attached hydrogens (primary N) is 2. The number of pyridine rings is 1. The molecule has 1 aliphatic carbocycles. The summed E-state index contributed by atoms with van der Waals surface area (Å²) < 4.78 is 26.6. The fourth-order valence-electron chi connectivity index (χ4n) is 2.17. The molecule has 2 aromatic rings. The molecule has 1 aliphatic rings. The van der Waals surface area contributed by atoms with E-state index in [0.717, 1.165) is 0 Å². The Hall–Kier alpha value is -3.79. The van der Waals surface area contributed by atoms with Crippen molar-refractivity contribution in [2.75, 3.05) is 10.5 Å². The van der Waals surface area contributed by atoms with Crippen LogP contribution in [0, 0.1) is 0 Å². The molecule has 29 heavy (non-hydrogen) atoms. The molecular formula is C19H20N4O5S. The number of hydrogen-bond acceptors (Lipinski definition) is 7. The van der Waals surface area contributed by atoms with Gasteiger partial charge in [-0.2, -0.15) is 0 Å². The Morgan fingerprint density at radius 2 is 1.90 bits per heavy atom. The zero-order valence-corrected chi connectivity index (χ0v) is 16.0. The van der Waals surface area contributed by atoms with E-state index in [4.69, 9.17) is 21.7 Å². The van der Waals surface area contributed by atoms with Crippen LogP contribution < -0.4 is 16.2 Å². The molecule has 0 amide bonds. The molecule has 0 aliphatic heterocycles. The smallest absolute Gasteiger partial charge is 0.339 e. The van der Waals surface area contributed by atoms with Crippen LogP contribution in [0.3, 0.4) is 0 Å². The SMILES string of the molecule is NC1=CC=C(S(=O)(=O)Nc2ccccn2)CC=C1.Nc1ccc(O)c(C(=O)O)c1. The summed E-state index contributed by atoms with van der Waals surface area (Å²) in [6.45, 7) is 0. The highest BCUT2D eigenvalue weighted by molar-refractivity contribution is 7.96. The van der Waals surface area contributed by atoms with Gasteiger partial charge in [0.25, 0.3) is 10.0 Å². The van der Waals surface area contributed by atoms with E-state index >= 15 is 0 Å². The fourth-order valence-corrected chi connectivity index (χ4v) is 3.26. The van der Waals surface area contributed by atoms with Crippen LogP contribution in [0.4, 0.5) is 11.5 Å². The maximum atomic E-state index is 12.1. The normalized spacial score (nSPS) is 13.2. The zero-order chi connectivity index (χ0) is 21.4. The maximum absolute atomic E-state index is 12.1. The monoisotopic (exact) mass is 416 g/mol. The van der Waals surface area contributed by atoms with Gasteiger partial charge in [-0.15, -0.1) is 0 Å². The summed E-state index contributed by atoms with van der Waals surface area (Å²) in [6, 6.07) is 8.91. The summed E-state index contributed by atoms with van der Waals surface area (Å²) in [7, 11) is -3.59. The van der Waals surface area contributed by atoms with E-state index in [1.165, 1.54) is 30.5 Å². The molecule has 3 rings (SSSR count). The van der Waals surface area contributed by atoms with Crippen LogP contribution in [0.2, 0.25) is 0 Å². The standard InChI is InChI=1S/C12H13N3O2S.C7H7NO3/c13-10-4-3-5-11(8-7-10)18(16,17)15-12-6-1-2-9-14-12;8-4-1-2-6(9)5(3-4)7(10)11/h1-4,6-9H,5,13H2,(H,14,15);1-3,9H,8H2,(H,10,11). The second-order valence-electron chi connectivity index (χ2n) is 5.81. The summed E-state index contributed by atoms with van der Waals surface area (Å²) in [5.74, 6) is -1.16. The van der Waals surface area contributed by atoms with E-state index in [2.05, 4.69) is 9.71 Å². The summed E-state index contributed by atoms with van der Waals surface area (Å²) in [5.41, 5.74) is 11.6. The highest BCUT2D eigenvalue weighted by Crippen LogP contribution is 2.19. The van der Waals surface area contributed by atoms with Crippen molar-refractivity contribution in [1.29, 1.82) is 0 Å². The van der Waals surface area contributed by atoms with Gasteiger partial charge < -0.3 is 21.7 Å². The van der Waals surface area contributed by atoms with E-state index < -0.39 is 16.0 Å². The maximum Gasteiger partial charge on any atom is 0.339 e. The van der Waals surface area contributed by atoms with E-state index in [1.807, 2.05) is 0 Å². The quantitative estimate of drug-likeness (QED) is 0.373. The number of aromatic nitrogens is 1. The number of nitrogens with zero attached hydrogens (tertiary/aromatic N) is 1. The second-order valence-corrected chi connectivity index (χ2v) is 7.54. The number of anilines is 2. The predicted molar refractivity (Wildman–Crippen MR) is 110 cm³/mol. The number of sulfonamides is 1. The number of allylic oxidation sites excluding steroid dienone is 5. The van der Waals surface area contributed by atoms with Gasteiger partial charge in [0.2, 0.25) is 0 Å². The van der Waals surface area contributed by atoms with Crippen LogP contribution in [-0.2, 0) is 10.0 Å². The minimum Gasteiger partial charge on any atom is -0.507 e. The molecule has 0 radical (unpaired) electrons. The lowest BCUT2D eigenvalue weighted by Crippen LogP contribution is -2.15. The first-order valence-corrected chi connectivity index (χ1v) is 9.76. The molecule has 1 aromatic heterocycles. The third-order valence-electron chi connectivity index (χ3n) is 3.59. The van der Waals surface area contributed by atoms with Crippen LogP contribution in [0.5, 0.6) is 5.75 Å². The lowest BCUT2D eigenvalue weighted by molar-refractivity contribution is 0.0693. The van der Waals surface area contributed by atoms with Crippen molar-refractivity contribution in [2.45, 2.75) is 6.42 Å². The van der Waals surface area contributed by atoms with Crippen molar-refractivity contribution < 1.29 is 23.4 Å². The molecule has 1 aromatic carbocycles. The largest absolute Gasteiger partial charge is 0.507 e. The third kappa shape index (κ3) is 6.40. The highest BCUT2D eigenvalue weighted by atomic mass is 32.2. The molecular weight excluding hydrogens is 396 g/mol. The van der Waals surface area contributed by atoms with Gasteiger partial charge in [-0.3, -0.25) is 4.72 Å². The lowest BCUT2D eigenvalue weighted by Gasteiger charge is -2.08. The summed E-state index contributed by atoms with van der Waals surface area (Å²) in [4.78, 5) is 14.5. The Morgan fingerprint density at radius 1 is 1.14 bits per heavy atom. The molecule has 0 saturated carbocycles. The Balaban J connectivity index is 0.000000234. The van der Waals surface area contributed by atoms with Gasteiger partial charge in [0.1, 0.15) is 17.1 Å². The minimum atomic E-state index is -3.59. The van der Waals surface area contributed by atoms with Crippen LogP contribution in [0.1, 0.15) is 16.8 Å². The highest BCUT2D eigenvalue weighted by Gasteiger charge is 2.17. The van der Waals surface area contributed by atoms with Gasteiger partial charge in [-0.05, 0) is 48.6 Å². The van der Waals surface area contributed by atoms with Gasteiger partial charge in [0.05, 0.1) is 4.91 Å². The molecule has 0 saturated heterocycles.